The molecule has 0 bridgehead atoms. The van der Waals surface area contributed by atoms with Gasteiger partial charge in [0.2, 0.25) is 0 Å². The van der Waals surface area contributed by atoms with Gasteiger partial charge in [-0.3, -0.25) is 9.79 Å². The number of hydrogen-bond donors (Lipinski definition) is 3. The number of aliphatic carboxylic acids is 1. The predicted octanol–water partition coefficient (Wildman–Crippen LogP) is 1.05. The zero-order valence-electron chi connectivity index (χ0n) is 10.1. The summed E-state index contributed by atoms with van der Waals surface area (Å²) in [5.41, 5.74) is 5.37. The highest BCUT2D eigenvalue weighted by molar-refractivity contribution is 5.77. The second-order valence-corrected chi connectivity index (χ2v) is 2.92. The lowest BCUT2D eigenvalue weighted by Crippen LogP contribution is -2.32. The van der Waals surface area contributed by atoms with Gasteiger partial charge in [0.05, 0.1) is 5.92 Å². The second kappa shape index (κ2) is 10.8. The van der Waals surface area contributed by atoms with Crippen LogP contribution in [0.5, 0.6) is 0 Å². The van der Waals surface area contributed by atoms with E-state index in [9.17, 15) is 4.79 Å². The van der Waals surface area contributed by atoms with Gasteiger partial charge in [0, 0.05) is 13.6 Å². The van der Waals surface area contributed by atoms with Crippen molar-refractivity contribution >= 4 is 11.9 Å². The van der Waals surface area contributed by atoms with Crippen molar-refractivity contribution in [1.29, 1.82) is 0 Å². The van der Waals surface area contributed by atoms with Gasteiger partial charge in [-0.15, -0.1) is 0 Å². The Labute approximate surface area is 91.8 Å². The number of nitrogens with one attached hydrogen (secondary N) is 1. The fourth-order valence-electron chi connectivity index (χ4n) is 0.827. The molecule has 15 heavy (non-hydrogen) atoms. The minimum absolute atomic E-state index is 0.290. The van der Waals surface area contributed by atoms with Gasteiger partial charge in [0.1, 0.15) is 0 Å². The zero-order chi connectivity index (χ0) is 12.3. The quantitative estimate of drug-likeness (QED) is 0.365. The Morgan fingerprint density at radius 2 is 2.07 bits per heavy atom. The van der Waals surface area contributed by atoms with Gasteiger partial charge in [-0.25, -0.2) is 0 Å². The molecular weight excluding hydrogens is 194 g/mol. The van der Waals surface area contributed by atoms with Gasteiger partial charge in [0.15, 0.2) is 5.96 Å². The molecule has 1 atom stereocenters. The van der Waals surface area contributed by atoms with Gasteiger partial charge in [-0.05, 0) is 12.8 Å². The van der Waals surface area contributed by atoms with Gasteiger partial charge >= 0.3 is 5.97 Å². The van der Waals surface area contributed by atoms with E-state index in [1.54, 1.807) is 14.0 Å². The largest absolute Gasteiger partial charge is 0.481 e. The van der Waals surface area contributed by atoms with Gasteiger partial charge < -0.3 is 16.2 Å². The molecule has 0 aliphatic rings. The normalized spacial score (nSPS) is 12.4. The molecule has 0 aromatic heterocycles. The molecular formula is C10H23N3O2. The molecule has 0 unspecified atom stereocenters. The van der Waals surface area contributed by atoms with Crippen LogP contribution in [-0.2, 0) is 4.79 Å². The van der Waals surface area contributed by atoms with Crippen molar-refractivity contribution < 1.29 is 9.90 Å². The lowest BCUT2D eigenvalue weighted by Gasteiger charge is -2.06. The predicted molar refractivity (Wildman–Crippen MR) is 62.9 cm³/mol. The Hall–Kier alpha value is -1.26. The average Bonchev–Trinajstić information content (AvgIpc) is 2.26. The van der Waals surface area contributed by atoms with Crippen LogP contribution in [0.25, 0.3) is 0 Å². The van der Waals surface area contributed by atoms with Crippen LogP contribution in [0.3, 0.4) is 0 Å². The number of carboxylic acids is 1. The maximum Gasteiger partial charge on any atom is 0.306 e. The third-order valence-electron chi connectivity index (χ3n) is 1.78. The van der Waals surface area contributed by atoms with Crippen molar-refractivity contribution in [2.45, 2.75) is 33.6 Å². The topological polar surface area (TPSA) is 87.7 Å². The van der Waals surface area contributed by atoms with E-state index >= 15 is 0 Å². The van der Waals surface area contributed by atoms with Crippen LogP contribution in [0, 0.1) is 5.92 Å². The van der Waals surface area contributed by atoms with Crippen molar-refractivity contribution in [3.63, 3.8) is 0 Å². The molecule has 0 aromatic carbocycles. The van der Waals surface area contributed by atoms with Gasteiger partial charge in [-0.2, -0.15) is 0 Å². The summed E-state index contributed by atoms with van der Waals surface area (Å²) in [5, 5.41) is 11.4. The minimum Gasteiger partial charge on any atom is -0.481 e. The molecule has 0 aliphatic heterocycles. The number of rotatable bonds is 5. The SMILES string of the molecule is CC.CN=C(N)NCCC[C@H](C)C(=O)O. The summed E-state index contributed by atoms with van der Waals surface area (Å²) in [4.78, 5) is 14.1. The van der Waals surface area contributed by atoms with Crippen LogP contribution in [0.4, 0.5) is 0 Å². The summed E-state index contributed by atoms with van der Waals surface area (Å²) in [6.45, 7) is 6.36. The van der Waals surface area contributed by atoms with E-state index in [1.165, 1.54) is 0 Å². The fraction of sp³-hybridized carbons (Fsp3) is 0.800. The van der Waals surface area contributed by atoms with E-state index < -0.39 is 5.97 Å². The molecule has 0 saturated heterocycles. The van der Waals surface area contributed by atoms with Crippen LogP contribution in [0.2, 0.25) is 0 Å². The van der Waals surface area contributed by atoms with Crippen LogP contribution in [0.15, 0.2) is 4.99 Å². The number of nitrogens with two attached hydrogens (primary N) is 1. The van der Waals surface area contributed by atoms with Crippen LogP contribution in [0.1, 0.15) is 33.6 Å². The highest BCUT2D eigenvalue weighted by Crippen LogP contribution is 2.03. The van der Waals surface area contributed by atoms with E-state index in [4.69, 9.17) is 10.8 Å². The molecule has 0 heterocycles. The molecule has 0 saturated carbocycles. The number of nitrogens with zero attached hydrogens (tertiary/aromatic N) is 1. The summed E-state index contributed by atoms with van der Waals surface area (Å²) in [6, 6.07) is 0. The third-order valence-corrected chi connectivity index (χ3v) is 1.78. The maximum absolute atomic E-state index is 10.4. The first-order valence-electron chi connectivity index (χ1n) is 5.27. The van der Waals surface area contributed by atoms with Crippen molar-refractivity contribution in [3.8, 4) is 0 Å². The average molecular weight is 217 g/mol. The molecule has 0 fully saturated rings. The third kappa shape index (κ3) is 10.7. The van der Waals surface area contributed by atoms with E-state index in [1.807, 2.05) is 13.8 Å². The van der Waals surface area contributed by atoms with Gasteiger partial charge in [-0.1, -0.05) is 20.8 Å². The van der Waals surface area contributed by atoms with Crippen LogP contribution < -0.4 is 11.1 Å². The fourth-order valence-corrected chi connectivity index (χ4v) is 0.827. The zero-order valence-corrected chi connectivity index (χ0v) is 10.1. The summed E-state index contributed by atoms with van der Waals surface area (Å²) < 4.78 is 0. The highest BCUT2D eigenvalue weighted by Gasteiger charge is 2.09. The Morgan fingerprint density at radius 1 is 1.53 bits per heavy atom. The molecule has 5 heteroatoms. The van der Waals surface area contributed by atoms with Crippen molar-refractivity contribution in [1.82, 2.24) is 5.32 Å². The Morgan fingerprint density at radius 3 is 2.47 bits per heavy atom. The number of aliphatic imine (C=N–C) groups is 1. The molecule has 4 N–H and O–H groups in total. The summed E-state index contributed by atoms with van der Waals surface area (Å²) in [7, 11) is 1.60. The molecule has 0 aromatic rings. The highest BCUT2D eigenvalue weighted by atomic mass is 16.4. The lowest BCUT2D eigenvalue weighted by atomic mass is 10.1. The van der Waals surface area contributed by atoms with Crippen LogP contribution in [-0.4, -0.2) is 30.6 Å². The van der Waals surface area contributed by atoms with Gasteiger partial charge in [0.25, 0.3) is 0 Å². The lowest BCUT2D eigenvalue weighted by molar-refractivity contribution is -0.141. The van der Waals surface area contributed by atoms with E-state index in [2.05, 4.69) is 10.3 Å². The standard InChI is InChI=1S/C8H17N3O2.C2H6/c1-6(7(12)13)4-3-5-11-8(9)10-2;1-2/h6H,3-5H2,1-2H3,(H,12,13)(H3,9,10,11);1-2H3/t6-;/m0./s1. The summed E-state index contributed by atoms with van der Waals surface area (Å²) in [6.07, 6.45) is 1.43. The minimum atomic E-state index is -0.753. The van der Waals surface area contributed by atoms with E-state index in [-0.39, 0.29) is 5.92 Å². The van der Waals surface area contributed by atoms with E-state index in [0.717, 1.165) is 6.42 Å². The summed E-state index contributed by atoms with van der Waals surface area (Å²) >= 11 is 0. The number of guanidine groups is 1. The van der Waals surface area contributed by atoms with E-state index in [0.29, 0.717) is 18.9 Å². The first-order valence-corrected chi connectivity index (χ1v) is 5.27. The number of hydrogen-bond acceptors (Lipinski definition) is 2. The maximum atomic E-state index is 10.4. The van der Waals surface area contributed by atoms with Crippen LogP contribution >= 0.6 is 0 Å². The molecule has 0 spiro atoms. The van der Waals surface area contributed by atoms with Crippen molar-refractivity contribution in [3.05, 3.63) is 0 Å². The molecule has 0 aliphatic carbocycles. The summed E-state index contributed by atoms with van der Waals surface area (Å²) in [5.74, 6) is -0.651. The first-order chi connectivity index (χ1) is 7.07. The Bertz CT molecular complexity index is 193. The number of carboxylic acid groups (broad SMARTS) is 1. The number of carbonyl (C=O) groups is 1. The monoisotopic (exact) mass is 217 g/mol. The first kappa shape index (κ1) is 16.2. The molecule has 5 nitrogen and oxygen atoms in total. The molecule has 0 amide bonds. The van der Waals surface area contributed by atoms with Crippen molar-refractivity contribution in [2.24, 2.45) is 16.6 Å². The molecule has 90 valence electrons. The second-order valence-electron chi connectivity index (χ2n) is 2.92. The van der Waals surface area contributed by atoms with Crippen molar-refractivity contribution in [2.75, 3.05) is 13.6 Å². The molecule has 0 rings (SSSR count). The molecule has 0 radical (unpaired) electrons. The smallest absolute Gasteiger partial charge is 0.306 e. The Balaban J connectivity index is 0. The Kier molecular flexibility index (Phi) is 11.7.